The third-order valence-electron chi connectivity index (χ3n) is 2.74. The van der Waals surface area contributed by atoms with Gasteiger partial charge in [0, 0.05) is 11.4 Å². The monoisotopic (exact) mass is 256 g/mol. The minimum Gasteiger partial charge on any atom is -0.507 e. The molecule has 0 bridgehead atoms. The highest BCUT2D eigenvalue weighted by molar-refractivity contribution is 6.06. The average Bonchev–Trinajstić information content (AvgIpc) is 2.30. The first kappa shape index (κ1) is 13.0. The minimum atomic E-state index is -0.380. The maximum absolute atomic E-state index is 12.1. The van der Waals surface area contributed by atoms with Crippen LogP contribution >= 0.6 is 0 Å². The van der Waals surface area contributed by atoms with Gasteiger partial charge in [-0.15, -0.1) is 0 Å². The molecule has 2 aromatic carbocycles. The molecule has 19 heavy (non-hydrogen) atoms. The van der Waals surface area contributed by atoms with Crippen LogP contribution in [0.5, 0.6) is 5.75 Å². The lowest BCUT2D eigenvalue weighted by atomic mass is 10.1. The van der Waals surface area contributed by atoms with Crippen molar-refractivity contribution in [2.75, 3.05) is 11.1 Å². The molecule has 0 aliphatic rings. The quantitative estimate of drug-likeness (QED) is 0.571. The highest BCUT2D eigenvalue weighted by Gasteiger charge is 2.12. The molecule has 0 saturated carbocycles. The molecule has 0 spiro atoms. The van der Waals surface area contributed by atoms with Crippen molar-refractivity contribution in [1.82, 2.24) is 0 Å². The van der Waals surface area contributed by atoms with Crippen LogP contribution in [-0.4, -0.2) is 11.0 Å². The van der Waals surface area contributed by atoms with Crippen molar-refractivity contribution in [3.63, 3.8) is 0 Å². The van der Waals surface area contributed by atoms with Crippen molar-refractivity contribution < 1.29 is 9.90 Å². The van der Waals surface area contributed by atoms with E-state index in [0.717, 1.165) is 11.1 Å². The van der Waals surface area contributed by atoms with E-state index in [0.29, 0.717) is 11.4 Å². The molecular formula is C15H16N2O2. The summed E-state index contributed by atoms with van der Waals surface area (Å²) in [5.74, 6) is -0.467. The van der Waals surface area contributed by atoms with Crippen molar-refractivity contribution >= 4 is 17.3 Å². The molecule has 4 heteroatoms. The van der Waals surface area contributed by atoms with Gasteiger partial charge in [-0.25, -0.2) is 0 Å². The lowest BCUT2D eigenvalue weighted by molar-refractivity contribution is 0.102. The third-order valence-corrected chi connectivity index (χ3v) is 2.74. The molecule has 0 aliphatic heterocycles. The molecule has 0 radical (unpaired) electrons. The van der Waals surface area contributed by atoms with Gasteiger partial charge in [-0.1, -0.05) is 6.07 Å². The Kier molecular flexibility index (Phi) is 3.42. The number of benzene rings is 2. The number of carbonyl (C=O) groups excluding carboxylic acids is 1. The Balaban J connectivity index is 2.28. The lowest BCUT2D eigenvalue weighted by Crippen LogP contribution is -2.12. The fourth-order valence-corrected chi connectivity index (χ4v) is 1.98. The molecule has 0 aliphatic carbocycles. The van der Waals surface area contributed by atoms with E-state index in [1.54, 1.807) is 6.07 Å². The van der Waals surface area contributed by atoms with Gasteiger partial charge in [-0.05, 0) is 55.3 Å². The van der Waals surface area contributed by atoms with E-state index in [2.05, 4.69) is 5.32 Å². The van der Waals surface area contributed by atoms with Gasteiger partial charge in [0.05, 0.1) is 5.56 Å². The average molecular weight is 256 g/mol. The molecule has 2 aromatic rings. The van der Waals surface area contributed by atoms with Crippen LogP contribution in [0.1, 0.15) is 21.5 Å². The predicted octanol–water partition coefficient (Wildman–Crippen LogP) is 2.84. The van der Waals surface area contributed by atoms with E-state index < -0.39 is 0 Å². The summed E-state index contributed by atoms with van der Waals surface area (Å²) < 4.78 is 0. The summed E-state index contributed by atoms with van der Waals surface area (Å²) in [4.78, 5) is 12.1. The Bertz CT molecular complexity index is 616. The van der Waals surface area contributed by atoms with Crippen LogP contribution in [0.4, 0.5) is 11.4 Å². The second-order valence-electron chi connectivity index (χ2n) is 4.61. The zero-order chi connectivity index (χ0) is 14.0. The second kappa shape index (κ2) is 5.02. The molecule has 0 heterocycles. The van der Waals surface area contributed by atoms with Gasteiger partial charge in [-0.2, -0.15) is 0 Å². The van der Waals surface area contributed by atoms with Crippen molar-refractivity contribution in [3.05, 3.63) is 53.1 Å². The molecule has 0 atom stereocenters. The number of carbonyl (C=O) groups is 1. The standard InChI is InChI=1S/C15H16N2O2/c1-9-5-10(2)7-12(6-9)17-15(19)13-8-11(16)3-4-14(13)18/h3-8,18H,16H2,1-2H3,(H,17,19). The summed E-state index contributed by atoms with van der Waals surface area (Å²) in [5, 5.41) is 12.4. The number of nitrogens with two attached hydrogens (primary N) is 1. The number of nitrogens with one attached hydrogen (secondary N) is 1. The summed E-state index contributed by atoms with van der Waals surface area (Å²) in [6.45, 7) is 3.92. The molecule has 0 saturated heterocycles. The lowest BCUT2D eigenvalue weighted by Gasteiger charge is -2.09. The zero-order valence-electron chi connectivity index (χ0n) is 10.9. The summed E-state index contributed by atoms with van der Waals surface area (Å²) in [6, 6.07) is 10.2. The zero-order valence-corrected chi connectivity index (χ0v) is 10.9. The Hall–Kier alpha value is -2.49. The summed E-state index contributed by atoms with van der Waals surface area (Å²) in [7, 11) is 0. The molecular weight excluding hydrogens is 240 g/mol. The van der Waals surface area contributed by atoms with Gasteiger partial charge in [-0.3, -0.25) is 4.79 Å². The van der Waals surface area contributed by atoms with Crippen LogP contribution in [0.2, 0.25) is 0 Å². The van der Waals surface area contributed by atoms with Crippen LogP contribution in [0.15, 0.2) is 36.4 Å². The normalized spacial score (nSPS) is 10.2. The Morgan fingerprint density at radius 2 is 1.74 bits per heavy atom. The van der Waals surface area contributed by atoms with Gasteiger partial charge in [0.2, 0.25) is 0 Å². The van der Waals surface area contributed by atoms with E-state index in [9.17, 15) is 9.90 Å². The van der Waals surface area contributed by atoms with Gasteiger partial charge in [0.25, 0.3) is 5.91 Å². The van der Waals surface area contributed by atoms with Crippen LogP contribution in [0.25, 0.3) is 0 Å². The van der Waals surface area contributed by atoms with Gasteiger partial charge < -0.3 is 16.2 Å². The van der Waals surface area contributed by atoms with Crippen molar-refractivity contribution in [2.24, 2.45) is 0 Å². The number of phenols is 1. The highest BCUT2D eigenvalue weighted by Crippen LogP contribution is 2.22. The maximum atomic E-state index is 12.1. The van der Waals surface area contributed by atoms with Crippen LogP contribution in [0.3, 0.4) is 0 Å². The Morgan fingerprint density at radius 3 is 2.37 bits per heavy atom. The molecule has 4 nitrogen and oxygen atoms in total. The smallest absolute Gasteiger partial charge is 0.259 e. The molecule has 98 valence electrons. The van der Waals surface area contributed by atoms with E-state index in [-0.39, 0.29) is 17.2 Å². The second-order valence-corrected chi connectivity index (χ2v) is 4.61. The Morgan fingerprint density at radius 1 is 1.11 bits per heavy atom. The number of aryl methyl sites for hydroxylation is 2. The van der Waals surface area contributed by atoms with E-state index in [1.165, 1.54) is 12.1 Å². The number of nitrogen functional groups attached to an aromatic ring is 1. The molecule has 1 amide bonds. The molecule has 0 aromatic heterocycles. The molecule has 4 N–H and O–H groups in total. The van der Waals surface area contributed by atoms with Gasteiger partial charge in [0.15, 0.2) is 0 Å². The van der Waals surface area contributed by atoms with E-state index >= 15 is 0 Å². The Labute approximate surface area is 111 Å². The maximum Gasteiger partial charge on any atom is 0.259 e. The highest BCUT2D eigenvalue weighted by atomic mass is 16.3. The van der Waals surface area contributed by atoms with Crippen LogP contribution in [-0.2, 0) is 0 Å². The van der Waals surface area contributed by atoms with Crippen molar-refractivity contribution in [2.45, 2.75) is 13.8 Å². The van der Waals surface area contributed by atoms with Gasteiger partial charge >= 0.3 is 0 Å². The van der Waals surface area contributed by atoms with E-state index in [4.69, 9.17) is 5.73 Å². The minimum absolute atomic E-state index is 0.0870. The molecule has 0 fully saturated rings. The fourth-order valence-electron chi connectivity index (χ4n) is 1.98. The van der Waals surface area contributed by atoms with Crippen molar-refractivity contribution in [1.29, 1.82) is 0 Å². The van der Waals surface area contributed by atoms with Crippen LogP contribution in [0, 0.1) is 13.8 Å². The predicted molar refractivity (Wildman–Crippen MR) is 76.4 cm³/mol. The number of hydrogen-bond donors (Lipinski definition) is 3. The first-order chi connectivity index (χ1) is 8.95. The number of amides is 1. The first-order valence-corrected chi connectivity index (χ1v) is 5.94. The number of anilines is 2. The molecule has 2 rings (SSSR count). The molecule has 0 unspecified atom stereocenters. The third kappa shape index (κ3) is 3.04. The number of rotatable bonds is 2. The van der Waals surface area contributed by atoms with Crippen LogP contribution < -0.4 is 11.1 Å². The van der Waals surface area contributed by atoms with E-state index in [1.807, 2.05) is 32.0 Å². The fraction of sp³-hybridized carbons (Fsp3) is 0.133. The summed E-state index contributed by atoms with van der Waals surface area (Å²) in [5.41, 5.74) is 9.04. The summed E-state index contributed by atoms with van der Waals surface area (Å²) >= 11 is 0. The number of aromatic hydroxyl groups is 1. The largest absolute Gasteiger partial charge is 0.507 e. The SMILES string of the molecule is Cc1cc(C)cc(NC(=O)c2cc(N)ccc2O)c1. The van der Waals surface area contributed by atoms with Gasteiger partial charge in [0.1, 0.15) is 5.75 Å². The first-order valence-electron chi connectivity index (χ1n) is 5.94. The topological polar surface area (TPSA) is 75.4 Å². The number of phenolic OH excluding ortho intramolecular Hbond substituents is 1. The summed E-state index contributed by atoms with van der Waals surface area (Å²) in [6.07, 6.45) is 0. The van der Waals surface area contributed by atoms with Crippen molar-refractivity contribution in [3.8, 4) is 5.75 Å². The number of hydrogen-bond acceptors (Lipinski definition) is 3.